The minimum absolute atomic E-state index is 0.411. The van der Waals surface area contributed by atoms with Gasteiger partial charge in [0.2, 0.25) is 0 Å². The zero-order chi connectivity index (χ0) is 17.0. The van der Waals surface area contributed by atoms with Gasteiger partial charge in [0, 0.05) is 8.80 Å². The van der Waals surface area contributed by atoms with Crippen LogP contribution in [0.5, 0.6) is 0 Å². The molecular weight excluding hydrogens is 294 g/mol. The highest BCUT2D eigenvalue weighted by molar-refractivity contribution is 6.58. The van der Waals surface area contributed by atoms with E-state index in [1.54, 1.807) is 5.57 Å². The van der Waals surface area contributed by atoms with Crippen LogP contribution in [0.4, 0.5) is 0 Å². The van der Waals surface area contributed by atoms with Crippen LogP contribution in [0.3, 0.4) is 0 Å². The van der Waals surface area contributed by atoms with E-state index in [1.807, 2.05) is 0 Å². The summed E-state index contributed by atoms with van der Waals surface area (Å²) in [6.07, 6.45) is 7.93. The molecule has 23 heavy (non-hydrogen) atoms. The van der Waals surface area contributed by atoms with Gasteiger partial charge in [-0.1, -0.05) is 62.2 Å². The second-order valence-corrected chi connectivity index (χ2v) is 11.0. The zero-order valence-electron chi connectivity index (χ0n) is 16.0. The second kappa shape index (κ2) is 8.30. The Morgan fingerprint density at radius 2 is 1.87 bits per heavy atom. The summed E-state index contributed by atoms with van der Waals surface area (Å²) in [5.74, 6) is 0. The summed E-state index contributed by atoms with van der Waals surface area (Å²) in [5, 5.41) is 3.84. The zero-order valence-corrected chi connectivity index (χ0v) is 17.2. The summed E-state index contributed by atoms with van der Waals surface area (Å²) in [5.41, 5.74) is 8.34. The molecule has 0 saturated heterocycles. The van der Waals surface area contributed by atoms with Gasteiger partial charge >= 0.3 is 0 Å². The molecule has 0 aromatic heterocycles. The number of aryl methyl sites for hydroxylation is 2. The summed E-state index contributed by atoms with van der Waals surface area (Å²) >= 11 is 0. The van der Waals surface area contributed by atoms with Crippen molar-refractivity contribution >= 4 is 8.80 Å². The molecule has 0 aliphatic carbocycles. The average Bonchev–Trinajstić information content (AvgIpc) is 2.50. The first-order valence-corrected chi connectivity index (χ1v) is 12.4. The lowest BCUT2D eigenvalue weighted by Gasteiger charge is -2.33. The Bertz CT molecular complexity index is 559. The van der Waals surface area contributed by atoms with Crippen LogP contribution in [0, 0.1) is 20.8 Å². The average molecular weight is 330 g/mol. The Kier molecular flexibility index (Phi) is 6.67. The fourth-order valence-electron chi connectivity index (χ4n) is 3.89. The molecule has 2 heteroatoms. The van der Waals surface area contributed by atoms with Crippen molar-refractivity contribution in [2.24, 2.45) is 0 Å². The van der Waals surface area contributed by atoms with Gasteiger partial charge in [-0.25, -0.2) is 0 Å². The normalized spacial score (nSPS) is 21.6. The summed E-state index contributed by atoms with van der Waals surface area (Å²) in [6.45, 7) is 15.2. The number of benzene rings is 1. The van der Waals surface area contributed by atoms with Crippen molar-refractivity contribution < 1.29 is 0 Å². The van der Waals surface area contributed by atoms with Gasteiger partial charge in [-0.2, -0.15) is 0 Å². The quantitative estimate of drug-likeness (QED) is 0.406. The Hall–Kier alpha value is -0.863. The fourth-order valence-corrected chi connectivity index (χ4v) is 5.63. The minimum atomic E-state index is -0.645. The molecule has 1 N–H and O–H groups in total. The van der Waals surface area contributed by atoms with E-state index in [2.05, 4.69) is 64.3 Å². The molecule has 0 bridgehead atoms. The smallest absolute Gasteiger partial charge is 0.0511 e. The Balaban J connectivity index is 2.29. The monoisotopic (exact) mass is 329 g/mol. The van der Waals surface area contributed by atoms with E-state index in [-0.39, 0.29) is 0 Å². The lowest BCUT2D eigenvalue weighted by Crippen LogP contribution is -2.35. The minimum Gasteiger partial charge on any atom is -0.306 e. The third-order valence-corrected chi connectivity index (χ3v) is 7.75. The first-order chi connectivity index (χ1) is 10.9. The summed E-state index contributed by atoms with van der Waals surface area (Å²) < 4.78 is 0. The van der Waals surface area contributed by atoms with E-state index in [9.17, 15) is 0 Å². The maximum atomic E-state index is 3.84. The Morgan fingerprint density at radius 3 is 2.52 bits per heavy atom. The van der Waals surface area contributed by atoms with Crippen LogP contribution < -0.4 is 5.32 Å². The number of unbranched alkanes of at least 4 members (excludes halogenated alkanes) is 2. The molecule has 2 rings (SSSR count). The van der Waals surface area contributed by atoms with Gasteiger partial charge in [0.25, 0.3) is 0 Å². The molecular formula is C21H35NSi. The number of nitrogens with one attached hydrogen (secondary N) is 1. The van der Waals surface area contributed by atoms with Crippen LogP contribution in [0.1, 0.15) is 60.9 Å². The van der Waals surface area contributed by atoms with Crippen LogP contribution in [0.2, 0.25) is 18.6 Å². The van der Waals surface area contributed by atoms with Crippen molar-refractivity contribution in [1.82, 2.24) is 5.32 Å². The predicted molar refractivity (Wildman–Crippen MR) is 106 cm³/mol. The van der Waals surface area contributed by atoms with Gasteiger partial charge in [-0.15, -0.1) is 0 Å². The molecule has 1 nitrogen and oxygen atoms in total. The maximum absolute atomic E-state index is 3.84. The van der Waals surface area contributed by atoms with Gasteiger partial charge in [0.1, 0.15) is 0 Å². The molecule has 0 saturated carbocycles. The molecule has 2 atom stereocenters. The van der Waals surface area contributed by atoms with E-state index in [4.69, 9.17) is 0 Å². The standard InChI is InChI=1S/C21H35NSi/c1-7-8-9-10-18-13-20(22-14-21(18)23(5)6)19-12-15(2)11-16(3)17(19)4/h11-13,20-23H,7-10,14H2,1-6H3. The molecule has 2 unspecified atom stereocenters. The van der Waals surface area contributed by atoms with Gasteiger partial charge in [-0.05, 0) is 62.4 Å². The topological polar surface area (TPSA) is 12.0 Å². The van der Waals surface area contributed by atoms with Gasteiger partial charge in [0.05, 0.1) is 6.04 Å². The second-order valence-electron chi connectivity index (χ2n) is 7.73. The Labute approximate surface area is 145 Å². The van der Waals surface area contributed by atoms with Crippen molar-refractivity contribution in [3.8, 4) is 0 Å². The Morgan fingerprint density at radius 1 is 1.13 bits per heavy atom. The molecule has 0 radical (unpaired) electrons. The molecule has 0 amide bonds. The molecule has 1 aliphatic rings. The molecule has 0 fully saturated rings. The third-order valence-electron chi connectivity index (χ3n) is 5.48. The first-order valence-electron chi connectivity index (χ1n) is 9.45. The highest BCUT2D eigenvalue weighted by Crippen LogP contribution is 2.35. The van der Waals surface area contributed by atoms with Crippen LogP contribution >= 0.6 is 0 Å². The molecule has 1 aromatic carbocycles. The maximum Gasteiger partial charge on any atom is 0.0511 e. The van der Waals surface area contributed by atoms with Gasteiger partial charge < -0.3 is 5.32 Å². The van der Waals surface area contributed by atoms with E-state index < -0.39 is 8.80 Å². The highest BCUT2D eigenvalue weighted by atomic mass is 28.3. The molecule has 1 aliphatic heterocycles. The van der Waals surface area contributed by atoms with E-state index in [0.29, 0.717) is 6.04 Å². The van der Waals surface area contributed by atoms with Gasteiger partial charge in [0.15, 0.2) is 0 Å². The lowest BCUT2D eigenvalue weighted by atomic mass is 9.90. The summed E-state index contributed by atoms with van der Waals surface area (Å²) in [4.78, 5) is 0. The fraction of sp³-hybridized carbons (Fsp3) is 0.619. The van der Waals surface area contributed by atoms with Crippen molar-refractivity contribution in [3.63, 3.8) is 0 Å². The lowest BCUT2D eigenvalue weighted by molar-refractivity contribution is 0.558. The van der Waals surface area contributed by atoms with Crippen LogP contribution in [-0.2, 0) is 0 Å². The van der Waals surface area contributed by atoms with Crippen LogP contribution in [-0.4, -0.2) is 15.3 Å². The van der Waals surface area contributed by atoms with Gasteiger partial charge in [-0.3, -0.25) is 0 Å². The first kappa shape index (κ1) is 18.5. The van der Waals surface area contributed by atoms with E-state index >= 15 is 0 Å². The van der Waals surface area contributed by atoms with Crippen molar-refractivity contribution in [2.75, 3.05) is 6.54 Å². The van der Waals surface area contributed by atoms with Crippen molar-refractivity contribution in [1.29, 1.82) is 0 Å². The molecule has 1 aromatic rings. The van der Waals surface area contributed by atoms with E-state index in [1.165, 1.54) is 54.5 Å². The van der Waals surface area contributed by atoms with Crippen molar-refractivity contribution in [3.05, 3.63) is 46.0 Å². The third kappa shape index (κ3) is 4.57. The van der Waals surface area contributed by atoms with Crippen molar-refractivity contribution in [2.45, 2.75) is 78.1 Å². The summed E-state index contributed by atoms with van der Waals surface area (Å²) in [7, 11) is -0.645. The summed E-state index contributed by atoms with van der Waals surface area (Å²) in [6, 6.07) is 5.10. The van der Waals surface area contributed by atoms with Crippen LogP contribution in [0.15, 0.2) is 23.8 Å². The predicted octanol–water partition coefficient (Wildman–Crippen LogP) is 5.62. The molecule has 1 heterocycles. The number of rotatable bonds is 6. The largest absolute Gasteiger partial charge is 0.306 e. The van der Waals surface area contributed by atoms with Crippen LogP contribution in [0.25, 0.3) is 0 Å². The SMILES string of the molecule is CCCCCC1=CC(c2cc(C)cc(C)c2C)NCC1[SiH](C)C. The molecule has 128 valence electrons. The number of hydrogen-bond acceptors (Lipinski definition) is 1. The highest BCUT2D eigenvalue weighted by Gasteiger charge is 2.26. The number of hydrogen-bond donors (Lipinski definition) is 1. The van der Waals surface area contributed by atoms with E-state index in [0.717, 1.165) is 5.54 Å². The molecule has 0 spiro atoms.